The van der Waals surface area contributed by atoms with E-state index in [1.54, 1.807) is 0 Å². The molecule has 0 aromatic rings. The molecular formula is C10H24N2S. The molecule has 13 heavy (non-hydrogen) atoms. The molecule has 0 aromatic heterocycles. The Morgan fingerprint density at radius 1 is 1.38 bits per heavy atom. The van der Waals surface area contributed by atoms with E-state index in [-0.39, 0.29) is 0 Å². The Morgan fingerprint density at radius 3 is 2.46 bits per heavy atom. The Hall–Kier alpha value is 0.270. The maximum Gasteiger partial charge on any atom is 0.0156 e. The number of rotatable bonds is 7. The lowest BCUT2D eigenvalue weighted by Gasteiger charge is -2.18. The van der Waals surface area contributed by atoms with Crippen LogP contribution in [0.3, 0.4) is 0 Å². The lowest BCUT2D eigenvalue weighted by atomic mass is 10.0. The third kappa shape index (κ3) is 7.35. The van der Waals surface area contributed by atoms with Gasteiger partial charge in [0.2, 0.25) is 0 Å². The van der Waals surface area contributed by atoms with E-state index in [1.807, 2.05) is 11.8 Å². The second kappa shape index (κ2) is 7.65. The van der Waals surface area contributed by atoms with Crippen molar-refractivity contribution in [3.05, 3.63) is 0 Å². The monoisotopic (exact) mass is 204 g/mol. The highest BCUT2D eigenvalue weighted by Crippen LogP contribution is 2.11. The number of hydrogen-bond acceptors (Lipinski definition) is 3. The van der Waals surface area contributed by atoms with Gasteiger partial charge in [-0.15, -0.1) is 0 Å². The third-order valence-corrected chi connectivity index (χ3v) is 3.46. The van der Waals surface area contributed by atoms with E-state index in [0.717, 1.165) is 12.3 Å². The van der Waals surface area contributed by atoms with Gasteiger partial charge in [-0.25, -0.2) is 0 Å². The highest BCUT2D eigenvalue weighted by Gasteiger charge is 2.09. The van der Waals surface area contributed by atoms with Crippen LogP contribution in [0, 0.1) is 5.92 Å². The topological polar surface area (TPSA) is 29.3 Å². The summed E-state index contributed by atoms with van der Waals surface area (Å²) in [6.07, 6.45) is 1.19. The van der Waals surface area contributed by atoms with Crippen molar-refractivity contribution < 1.29 is 0 Å². The molecule has 0 saturated carbocycles. The minimum absolute atomic E-state index is 0.372. The second-order valence-corrected chi connectivity index (χ2v) is 5.08. The van der Waals surface area contributed by atoms with Crippen molar-refractivity contribution in [2.45, 2.75) is 26.3 Å². The van der Waals surface area contributed by atoms with Crippen molar-refractivity contribution in [3.63, 3.8) is 0 Å². The maximum absolute atomic E-state index is 6.01. The molecule has 0 bridgehead atoms. The van der Waals surface area contributed by atoms with Gasteiger partial charge in [-0.1, -0.05) is 20.3 Å². The molecule has 0 aliphatic heterocycles. The van der Waals surface area contributed by atoms with Crippen LogP contribution < -0.4 is 5.73 Å². The standard InChI is InChI=1S/C10H24N2S/c1-5-9(2)10(11)8-13-7-6-12(3)4/h9-10H,5-8,11H2,1-4H3. The number of thioether (sulfide) groups is 1. The van der Waals surface area contributed by atoms with Crippen LogP contribution in [0.25, 0.3) is 0 Å². The van der Waals surface area contributed by atoms with Crippen molar-refractivity contribution in [2.24, 2.45) is 11.7 Å². The second-order valence-electron chi connectivity index (χ2n) is 3.93. The molecule has 3 heteroatoms. The zero-order valence-electron chi connectivity index (χ0n) is 9.42. The molecular weight excluding hydrogens is 180 g/mol. The van der Waals surface area contributed by atoms with Gasteiger partial charge < -0.3 is 10.6 Å². The van der Waals surface area contributed by atoms with E-state index in [9.17, 15) is 0 Å². The molecule has 2 atom stereocenters. The van der Waals surface area contributed by atoms with E-state index < -0.39 is 0 Å². The number of nitrogens with two attached hydrogens (primary N) is 1. The van der Waals surface area contributed by atoms with Crippen LogP contribution in [0.5, 0.6) is 0 Å². The Labute approximate surface area is 87.2 Å². The van der Waals surface area contributed by atoms with Crippen molar-refractivity contribution >= 4 is 11.8 Å². The molecule has 2 unspecified atom stereocenters. The van der Waals surface area contributed by atoms with Crippen molar-refractivity contribution in [2.75, 3.05) is 32.1 Å². The molecule has 0 aliphatic rings. The first-order chi connectivity index (χ1) is 6.07. The summed E-state index contributed by atoms with van der Waals surface area (Å²) < 4.78 is 0. The molecule has 0 rings (SSSR count). The minimum Gasteiger partial charge on any atom is -0.327 e. The van der Waals surface area contributed by atoms with Gasteiger partial charge in [0.05, 0.1) is 0 Å². The molecule has 0 amide bonds. The molecule has 0 radical (unpaired) electrons. The van der Waals surface area contributed by atoms with Gasteiger partial charge in [-0.2, -0.15) is 11.8 Å². The fraction of sp³-hybridized carbons (Fsp3) is 1.00. The Balaban J connectivity index is 3.31. The van der Waals surface area contributed by atoms with E-state index in [0.29, 0.717) is 12.0 Å². The molecule has 2 nitrogen and oxygen atoms in total. The first-order valence-corrected chi connectivity index (χ1v) is 6.21. The molecule has 0 saturated heterocycles. The van der Waals surface area contributed by atoms with Gasteiger partial charge >= 0.3 is 0 Å². The molecule has 0 heterocycles. The molecule has 0 aromatic carbocycles. The Bertz CT molecular complexity index is 117. The summed E-state index contributed by atoms with van der Waals surface area (Å²) in [6.45, 7) is 5.59. The van der Waals surface area contributed by atoms with Gasteiger partial charge in [-0.05, 0) is 20.0 Å². The fourth-order valence-corrected chi connectivity index (χ4v) is 2.20. The largest absolute Gasteiger partial charge is 0.327 e. The maximum atomic E-state index is 6.01. The van der Waals surface area contributed by atoms with E-state index in [4.69, 9.17) is 5.73 Å². The van der Waals surface area contributed by atoms with Crippen molar-refractivity contribution in [3.8, 4) is 0 Å². The summed E-state index contributed by atoms with van der Waals surface area (Å²) in [7, 11) is 4.21. The summed E-state index contributed by atoms with van der Waals surface area (Å²) in [6, 6.07) is 0.372. The normalized spacial score (nSPS) is 16.2. The molecule has 0 spiro atoms. The highest BCUT2D eigenvalue weighted by atomic mass is 32.2. The van der Waals surface area contributed by atoms with Crippen LogP contribution in [0.15, 0.2) is 0 Å². The summed E-state index contributed by atoms with van der Waals surface area (Å²) in [4.78, 5) is 2.21. The van der Waals surface area contributed by atoms with Crippen LogP contribution in [0.1, 0.15) is 20.3 Å². The fourth-order valence-electron chi connectivity index (χ4n) is 0.934. The number of nitrogens with zero attached hydrogens (tertiary/aromatic N) is 1. The van der Waals surface area contributed by atoms with Crippen LogP contribution in [0.2, 0.25) is 0 Å². The summed E-state index contributed by atoms with van der Waals surface area (Å²) in [5.41, 5.74) is 6.01. The molecule has 80 valence electrons. The third-order valence-electron chi connectivity index (χ3n) is 2.37. The van der Waals surface area contributed by atoms with Gasteiger partial charge in [0.25, 0.3) is 0 Å². The summed E-state index contributed by atoms with van der Waals surface area (Å²) in [5.74, 6) is 2.95. The first kappa shape index (κ1) is 13.3. The highest BCUT2D eigenvalue weighted by molar-refractivity contribution is 7.99. The van der Waals surface area contributed by atoms with Gasteiger partial charge in [-0.3, -0.25) is 0 Å². The van der Waals surface area contributed by atoms with E-state index in [2.05, 4.69) is 32.8 Å². The lowest BCUT2D eigenvalue weighted by molar-refractivity contribution is 0.436. The lowest BCUT2D eigenvalue weighted by Crippen LogP contribution is -2.30. The average Bonchev–Trinajstić information content (AvgIpc) is 2.10. The van der Waals surface area contributed by atoms with Gasteiger partial charge in [0.1, 0.15) is 0 Å². The van der Waals surface area contributed by atoms with Crippen molar-refractivity contribution in [1.29, 1.82) is 0 Å². The minimum atomic E-state index is 0.372. The molecule has 0 fully saturated rings. The van der Waals surface area contributed by atoms with E-state index in [1.165, 1.54) is 12.2 Å². The molecule has 2 N–H and O–H groups in total. The number of hydrogen-bond donors (Lipinski definition) is 1. The molecule has 0 aliphatic carbocycles. The average molecular weight is 204 g/mol. The van der Waals surface area contributed by atoms with Crippen LogP contribution >= 0.6 is 11.8 Å². The predicted molar refractivity (Wildman–Crippen MR) is 63.3 cm³/mol. The SMILES string of the molecule is CCC(C)C(N)CSCCN(C)C. The van der Waals surface area contributed by atoms with E-state index >= 15 is 0 Å². The Kier molecular flexibility index (Phi) is 7.81. The smallest absolute Gasteiger partial charge is 0.0156 e. The van der Waals surface area contributed by atoms with Gasteiger partial charge in [0, 0.05) is 24.1 Å². The summed E-state index contributed by atoms with van der Waals surface area (Å²) >= 11 is 1.97. The zero-order chi connectivity index (χ0) is 10.3. The predicted octanol–water partition coefficient (Wildman–Crippen LogP) is 1.65. The van der Waals surface area contributed by atoms with Crippen LogP contribution in [0.4, 0.5) is 0 Å². The Morgan fingerprint density at radius 2 is 2.00 bits per heavy atom. The first-order valence-electron chi connectivity index (χ1n) is 5.06. The van der Waals surface area contributed by atoms with Gasteiger partial charge in [0.15, 0.2) is 0 Å². The van der Waals surface area contributed by atoms with Crippen molar-refractivity contribution in [1.82, 2.24) is 4.90 Å². The van der Waals surface area contributed by atoms with Crippen LogP contribution in [-0.4, -0.2) is 43.1 Å². The summed E-state index contributed by atoms with van der Waals surface area (Å²) in [5, 5.41) is 0. The zero-order valence-corrected chi connectivity index (χ0v) is 10.2. The van der Waals surface area contributed by atoms with Crippen LogP contribution in [-0.2, 0) is 0 Å². The quantitative estimate of drug-likeness (QED) is 0.640.